The number of rotatable bonds is 14. The highest BCUT2D eigenvalue weighted by molar-refractivity contribution is 5.87. The van der Waals surface area contributed by atoms with Crippen LogP contribution < -0.4 is 20.4 Å². The van der Waals surface area contributed by atoms with Crippen LogP contribution >= 0.6 is 0 Å². The van der Waals surface area contributed by atoms with Crippen molar-refractivity contribution < 1.29 is 14.0 Å². The van der Waals surface area contributed by atoms with E-state index in [0.29, 0.717) is 26.2 Å². The summed E-state index contributed by atoms with van der Waals surface area (Å²) in [5.41, 5.74) is 5.84. The van der Waals surface area contributed by atoms with E-state index in [-0.39, 0.29) is 30.7 Å². The normalized spacial score (nSPS) is 13.0. The Morgan fingerprint density at radius 3 is 2.45 bits per heavy atom. The molecule has 2 N–H and O–H groups in total. The maximum absolute atomic E-state index is 13.8. The van der Waals surface area contributed by atoms with Crippen molar-refractivity contribution in [3.05, 3.63) is 64.5 Å². The van der Waals surface area contributed by atoms with Crippen molar-refractivity contribution in [1.29, 1.82) is 0 Å². The monoisotopic (exact) mass is 552 g/mol. The van der Waals surface area contributed by atoms with E-state index in [9.17, 15) is 14.0 Å². The lowest BCUT2D eigenvalue weighted by Crippen LogP contribution is -2.48. The number of fused-ring (bicyclic) bond motifs is 1. The highest BCUT2D eigenvalue weighted by Gasteiger charge is 2.27. The summed E-state index contributed by atoms with van der Waals surface area (Å²) in [4.78, 5) is 30.5. The third kappa shape index (κ3) is 8.29. The van der Waals surface area contributed by atoms with E-state index in [1.807, 2.05) is 37.9 Å². The van der Waals surface area contributed by atoms with Crippen molar-refractivity contribution in [3.63, 3.8) is 0 Å². The minimum absolute atomic E-state index is 0.0264. The minimum Gasteiger partial charge on any atom is -0.377 e. The molecule has 0 saturated heterocycles. The number of hydrogen-bond acceptors (Lipinski definition) is 6. The molecule has 1 aliphatic rings. The number of carbonyl (C=O) groups is 2. The molecule has 1 aliphatic heterocycles. The number of nitrogens with zero attached hydrogens (tertiary/aromatic N) is 4. The van der Waals surface area contributed by atoms with Crippen LogP contribution in [-0.4, -0.2) is 75.7 Å². The Hall–Kier alpha value is -3.43. The lowest BCUT2D eigenvalue weighted by Gasteiger charge is -2.32. The standard InChI is InChI=1S/C31H45FN6O2/c1-7-9-10-11-24-18-28(23(3)16-29(24)35(4)5)37(21-30(39)34-15-14-33-8-2)22-31(40)36(6)38-19-25-12-13-27(32)17-26(25)20-38/h10-13,16-18,33H,7-9,14-15,19-22H2,1-6H3,(H,34,39)/b11-10+. The quantitative estimate of drug-likeness (QED) is 0.346. The Morgan fingerprint density at radius 1 is 1.00 bits per heavy atom. The van der Waals surface area contributed by atoms with Crippen molar-refractivity contribution in [1.82, 2.24) is 20.7 Å². The highest BCUT2D eigenvalue weighted by atomic mass is 19.1. The van der Waals surface area contributed by atoms with E-state index >= 15 is 0 Å². The number of benzene rings is 2. The van der Waals surface area contributed by atoms with Gasteiger partial charge in [0.25, 0.3) is 5.91 Å². The fourth-order valence-corrected chi connectivity index (χ4v) is 4.84. The second kappa shape index (κ2) is 14.8. The van der Waals surface area contributed by atoms with Crippen molar-refractivity contribution in [2.45, 2.75) is 46.7 Å². The van der Waals surface area contributed by atoms with Gasteiger partial charge >= 0.3 is 0 Å². The number of likely N-dealkylation sites (N-methyl/N-ethyl adjacent to an activating group) is 2. The largest absolute Gasteiger partial charge is 0.377 e. The molecule has 40 heavy (non-hydrogen) atoms. The van der Waals surface area contributed by atoms with Crippen LogP contribution in [0.3, 0.4) is 0 Å². The zero-order chi connectivity index (χ0) is 29.2. The van der Waals surface area contributed by atoms with Gasteiger partial charge in [-0.25, -0.2) is 9.40 Å². The first-order valence-electron chi connectivity index (χ1n) is 14.1. The van der Waals surface area contributed by atoms with Crippen LogP contribution in [0.2, 0.25) is 0 Å². The molecule has 0 radical (unpaired) electrons. The van der Waals surface area contributed by atoms with E-state index in [1.165, 1.54) is 12.1 Å². The maximum Gasteiger partial charge on any atom is 0.256 e. The number of halogens is 1. The summed E-state index contributed by atoms with van der Waals surface area (Å²) in [6.45, 7) is 9.28. The van der Waals surface area contributed by atoms with Crippen LogP contribution in [0.1, 0.15) is 48.9 Å². The molecule has 2 aromatic carbocycles. The molecule has 1 heterocycles. The summed E-state index contributed by atoms with van der Waals surface area (Å²) in [5.74, 6) is -0.564. The first-order chi connectivity index (χ1) is 19.1. The lowest BCUT2D eigenvalue weighted by atomic mass is 10.0. The molecule has 0 fully saturated rings. The van der Waals surface area contributed by atoms with Crippen LogP contribution in [0, 0.1) is 12.7 Å². The van der Waals surface area contributed by atoms with Crippen LogP contribution in [0.4, 0.5) is 15.8 Å². The Morgan fingerprint density at radius 2 is 1.75 bits per heavy atom. The Labute approximate surface area is 238 Å². The van der Waals surface area contributed by atoms with E-state index in [2.05, 4.69) is 46.7 Å². The van der Waals surface area contributed by atoms with Crippen molar-refractivity contribution >= 4 is 29.3 Å². The zero-order valence-corrected chi connectivity index (χ0v) is 24.9. The predicted molar refractivity (Wildman–Crippen MR) is 162 cm³/mol. The molecule has 0 saturated carbocycles. The first kappa shape index (κ1) is 31.1. The molecule has 2 amide bonds. The second-order valence-corrected chi connectivity index (χ2v) is 10.5. The summed E-state index contributed by atoms with van der Waals surface area (Å²) in [6, 6.07) is 8.94. The molecule has 3 rings (SSSR count). The molecular weight excluding hydrogens is 507 g/mol. The lowest BCUT2D eigenvalue weighted by molar-refractivity contribution is -0.145. The van der Waals surface area contributed by atoms with Gasteiger partial charge in [-0.2, -0.15) is 0 Å². The molecule has 0 bridgehead atoms. The summed E-state index contributed by atoms with van der Waals surface area (Å²) >= 11 is 0. The number of hydrazine groups is 1. The number of carbonyl (C=O) groups excluding carboxylic acids is 2. The SMILES string of the molecule is CCC/C=C/c1cc(N(CC(=O)NCCNCC)CC(=O)N(C)N2Cc3ccc(F)cc3C2)c(C)cc1N(C)C. The van der Waals surface area contributed by atoms with E-state index in [4.69, 9.17) is 0 Å². The smallest absolute Gasteiger partial charge is 0.256 e. The fraction of sp³-hybridized carbons (Fsp3) is 0.484. The van der Waals surface area contributed by atoms with Gasteiger partial charge < -0.3 is 20.4 Å². The third-order valence-corrected chi connectivity index (χ3v) is 7.11. The zero-order valence-electron chi connectivity index (χ0n) is 24.9. The number of nitrogens with one attached hydrogen (secondary N) is 2. The maximum atomic E-state index is 13.8. The van der Waals surface area contributed by atoms with Gasteiger partial charge in [0, 0.05) is 58.7 Å². The Kier molecular flexibility index (Phi) is 11.5. The molecule has 8 nitrogen and oxygen atoms in total. The van der Waals surface area contributed by atoms with Gasteiger partial charge in [0.1, 0.15) is 5.82 Å². The summed E-state index contributed by atoms with van der Waals surface area (Å²) < 4.78 is 13.8. The van der Waals surface area contributed by atoms with E-state index < -0.39 is 0 Å². The molecule has 218 valence electrons. The average molecular weight is 553 g/mol. The highest BCUT2D eigenvalue weighted by Crippen LogP contribution is 2.31. The van der Waals surface area contributed by atoms with E-state index in [1.54, 1.807) is 18.1 Å². The van der Waals surface area contributed by atoms with Crippen molar-refractivity contribution in [2.24, 2.45) is 0 Å². The summed E-state index contributed by atoms with van der Waals surface area (Å²) in [7, 11) is 5.76. The second-order valence-electron chi connectivity index (χ2n) is 10.5. The van der Waals surface area contributed by atoms with Gasteiger partial charge in [-0.15, -0.1) is 0 Å². The number of hydrogen-bond donors (Lipinski definition) is 2. The Balaban J connectivity index is 1.86. The molecule has 2 aromatic rings. The molecule has 9 heteroatoms. The molecule has 0 atom stereocenters. The van der Waals surface area contributed by atoms with Crippen molar-refractivity contribution in [2.75, 3.05) is 63.7 Å². The molecule has 0 aromatic heterocycles. The van der Waals surface area contributed by atoms with Crippen LogP contribution in [0.25, 0.3) is 6.08 Å². The van der Waals surface area contributed by atoms with Crippen LogP contribution in [0.15, 0.2) is 36.4 Å². The third-order valence-electron chi connectivity index (χ3n) is 7.11. The summed E-state index contributed by atoms with van der Waals surface area (Å²) in [6.07, 6.45) is 6.30. The van der Waals surface area contributed by atoms with E-state index in [0.717, 1.165) is 53.0 Å². The molecule has 0 spiro atoms. The van der Waals surface area contributed by atoms with Gasteiger partial charge in [-0.1, -0.05) is 38.5 Å². The van der Waals surface area contributed by atoms with Gasteiger partial charge in [-0.3, -0.25) is 14.6 Å². The van der Waals surface area contributed by atoms with Gasteiger partial charge in [0.2, 0.25) is 5.91 Å². The Bertz CT molecular complexity index is 1200. The number of amides is 2. The first-order valence-corrected chi connectivity index (χ1v) is 14.1. The molecular formula is C31H45FN6O2. The average Bonchev–Trinajstić information content (AvgIpc) is 3.34. The van der Waals surface area contributed by atoms with Crippen LogP contribution in [-0.2, 0) is 22.7 Å². The minimum atomic E-state index is -0.277. The summed E-state index contributed by atoms with van der Waals surface area (Å²) in [5, 5.41) is 9.67. The predicted octanol–water partition coefficient (Wildman–Crippen LogP) is 3.93. The fourth-order valence-electron chi connectivity index (χ4n) is 4.84. The topological polar surface area (TPSA) is 71.2 Å². The number of anilines is 2. The van der Waals surface area contributed by atoms with Crippen LogP contribution in [0.5, 0.6) is 0 Å². The van der Waals surface area contributed by atoms with Crippen molar-refractivity contribution in [3.8, 4) is 0 Å². The number of allylic oxidation sites excluding steroid dienone is 1. The molecule has 0 aliphatic carbocycles. The number of unbranched alkanes of at least 4 members (excludes halogenated alkanes) is 1. The number of aryl methyl sites for hydroxylation is 1. The van der Waals surface area contributed by atoms with Gasteiger partial charge in [-0.05, 0) is 66.4 Å². The van der Waals surface area contributed by atoms with Gasteiger partial charge in [0.15, 0.2) is 0 Å². The molecule has 0 unspecified atom stereocenters. The van der Waals surface area contributed by atoms with Gasteiger partial charge in [0.05, 0.1) is 13.1 Å².